The van der Waals surface area contributed by atoms with Gasteiger partial charge in [0.05, 0.1) is 10.5 Å². The highest BCUT2D eigenvalue weighted by atomic mass is 79.9. The van der Waals surface area contributed by atoms with Crippen LogP contribution in [-0.4, -0.2) is 7.05 Å². The Balaban J connectivity index is 2.52. The second-order valence-electron chi connectivity index (χ2n) is 4.27. The van der Waals surface area contributed by atoms with E-state index in [1.165, 1.54) is 21.4 Å². The Morgan fingerprint density at radius 2 is 2.06 bits per heavy atom. The zero-order chi connectivity index (χ0) is 13.3. The number of aryl methyl sites for hydroxylation is 2. The summed E-state index contributed by atoms with van der Waals surface area (Å²) in [6.45, 7) is 4.19. The fourth-order valence-corrected chi connectivity index (χ4v) is 3.78. The fourth-order valence-electron chi connectivity index (χ4n) is 2.12. The zero-order valence-corrected chi connectivity index (χ0v) is 13.0. The number of nitrogens with one attached hydrogen (secondary N) is 1. The molecule has 2 rings (SSSR count). The van der Waals surface area contributed by atoms with Crippen LogP contribution >= 0.6 is 27.3 Å². The summed E-state index contributed by atoms with van der Waals surface area (Å²) < 4.78 is 14.2. The Morgan fingerprint density at radius 1 is 1.33 bits per heavy atom. The van der Waals surface area contributed by atoms with Gasteiger partial charge in [-0.1, -0.05) is 12.1 Å². The van der Waals surface area contributed by atoms with Crippen molar-refractivity contribution < 1.29 is 4.39 Å². The standard InChI is InChI=1S/C14H15BrFNS/c1-8-7-9(2)18-14(8)13(17-3)10-5-4-6-11(16)12(10)15/h4-7,13,17H,1-3H3. The minimum atomic E-state index is -0.223. The maximum Gasteiger partial charge on any atom is 0.137 e. The van der Waals surface area contributed by atoms with E-state index in [2.05, 4.69) is 41.2 Å². The summed E-state index contributed by atoms with van der Waals surface area (Å²) in [6, 6.07) is 7.34. The van der Waals surface area contributed by atoms with Crippen molar-refractivity contribution in [2.75, 3.05) is 7.05 Å². The van der Waals surface area contributed by atoms with Gasteiger partial charge in [0.25, 0.3) is 0 Å². The van der Waals surface area contributed by atoms with E-state index in [0.29, 0.717) is 4.47 Å². The van der Waals surface area contributed by atoms with E-state index < -0.39 is 0 Å². The second-order valence-corrected chi connectivity index (χ2v) is 6.35. The molecule has 0 saturated carbocycles. The Morgan fingerprint density at radius 3 is 2.61 bits per heavy atom. The Hall–Kier alpha value is -0.710. The maximum atomic E-state index is 13.6. The third-order valence-electron chi connectivity index (χ3n) is 2.92. The Kier molecular flexibility index (Phi) is 4.20. The first-order valence-corrected chi connectivity index (χ1v) is 7.33. The van der Waals surface area contributed by atoms with Crippen molar-refractivity contribution in [3.8, 4) is 0 Å². The van der Waals surface area contributed by atoms with Gasteiger partial charge in [0.2, 0.25) is 0 Å². The molecule has 0 saturated heterocycles. The molecule has 1 atom stereocenters. The van der Waals surface area contributed by atoms with E-state index >= 15 is 0 Å². The first kappa shape index (κ1) is 13.7. The summed E-state index contributed by atoms with van der Waals surface area (Å²) in [5.41, 5.74) is 2.18. The third kappa shape index (κ3) is 2.51. The zero-order valence-electron chi connectivity index (χ0n) is 10.6. The average molecular weight is 328 g/mol. The predicted octanol–water partition coefficient (Wildman–Crippen LogP) is 4.58. The molecule has 1 heterocycles. The molecule has 2 aromatic rings. The second kappa shape index (κ2) is 5.51. The molecule has 0 radical (unpaired) electrons. The van der Waals surface area contributed by atoms with E-state index in [0.717, 1.165) is 5.56 Å². The van der Waals surface area contributed by atoms with Crippen molar-refractivity contribution in [3.05, 3.63) is 55.4 Å². The molecule has 1 aromatic carbocycles. The molecular formula is C14H15BrFNS. The monoisotopic (exact) mass is 327 g/mol. The van der Waals surface area contributed by atoms with E-state index in [1.807, 2.05) is 13.1 Å². The summed E-state index contributed by atoms with van der Waals surface area (Å²) in [6.07, 6.45) is 0. The normalized spacial score (nSPS) is 12.7. The van der Waals surface area contributed by atoms with E-state index in [-0.39, 0.29) is 11.9 Å². The lowest BCUT2D eigenvalue weighted by atomic mass is 10.0. The van der Waals surface area contributed by atoms with Crippen LogP contribution in [0.4, 0.5) is 4.39 Å². The molecule has 96 valence electrons. The van der Waals surface area contributed by atoms with Crippen molar-refractivity contribution in [2.45, 2.75) is 19.9 Å². The molecule has 0 amide bonds. The van der Waals surface area contributed by atoms with Crippen LogP contribution in [0, 0.1) is 19.7 Å². The minimum Gasteiger partial charge on any atom is -0.309 e. The molecule has 1 aromatic heterocycles. The predicted molar refractivity (Wildman–Crippen MR) is 78.8 cm³/mol. The van der Waals surface area contributed by atoms with Crippen LogP contribution in [0.15, 0.2) is 28.7 Å². The van der Waals surface area contributed by atoms with Crippen molar-refractivity contribution in [1.29, 1.82) is 0 Å². The first-order chi connectivity index (χ1) is 8.54. The van der Waals surface area contributed by atoms with Gasteiger partial charge >= 0.3 is 0 Å². The lowest BCUT2D eigenvalue weighted by Crippen LogP contribution is -2.18. The summed E-state index contributed by atoms with van der Waals surface area (Å²) in [4.78, 5) is 2.51. The molecule has 1 N–H and O–H groups in total. The van der Waals surface area contributed by atoms with Crippen molar-refractivity contribution >= 4 is 27.3 Å². The first-order valence-electron chi connectivity index (χ1n) is 5.72. The molecule has 0 spiro atoms. The number of rotatable bonds is 3. The average Bonchev–Trinajstić information content (AvgIpc) is 2.65. The van der Waals surface area contributed by atoms with Crippen LogP contribution < -0.4 is 5.32 Å². The topological polar surface area (TPSA) is 12.0 Å². The van der Waals surface area contributed by atoms with Crippen LogP contribution in [0.25, 0.3) is 0 Å². The molecule has 4 heteroatoms. The van der Waals surface area contributed by atoms with Crippen LogP contribution in [0.5, 0.6) is 0 Å². The Bertz CT molecular complexity index is 565. The number of hydrogen-bond acceptors (Lipinski definition) is 2. The Labute approximate surface area is 119 Å². The molecule has 1 unspecified atom stereocenters. The maximum absolute atomic E-state index is 13.6. The lowest BCUT2D eigenvalue weighted by molar-refractivity contribution is 0.609. The molecule has 0 aliphatic carbocycles. The number of thiophene rings is 1. The van der Waals surface area contributed by atoms with Crippen LogP contribution in [-0.2, 0) is 0 Å². The number of hydrogen-bond donors (Lipinski definition) is 1. The van der Waals surface area contributed by atoms with E-state index in [9.17, 15) is 4.39 Å². The van der Waals surface area contributed by atoms with E-state index in [4.69, 9.17) is 0 Å². The number of benzene rings is 1. The highest BCUT2D eigenvalue weighted by Crippen LogP contribution is 2.35. The van der Waals surface area contributed by atoms with Gasteiger partial charge in [-0.2, -0.15) is 0 Å². The molecule has 0 fully saturated rings. The van der Waals surface area contributed by atoms with Gasteiger partial charge in [-0.25, -0.2) is 4.39 Å². The SMILES string of the molecule is CNC(c1cccc(F)c1Br)c1sc(C)cc1C. The summed E-state index contributed by atoms with van der Waals surface area (Å²) in [5.74, 6) is -0.223. The summed E-state index contributed by atoms with van der Waals surface area (Å²) >= 11 is 5.09. The molecule has 18 heavy (non-hydrogen) atoms. The van der Waals surface area contributed by atoms with Gasteiger partial charge in [0.1, 0.15) is 5.82 Å². The van der Waals surface area contributed by atoms with Gasteiger partial charge in [-0.3, -0.25) is 0 Å². The van der Waals surface area contributed by atoms with Crippen molar-refractivity contribution in [1.82, 2.24) is 5.32 Å². The van der Waals surface area contributed by atoms with Crippen LogP contribution in [0.3, 0.4) is 0 Å². The minimum absolute atomic E-state index is 0.0220. The molecule has 0 aliphatic rings. The fraction of sp³-hybridized carbons (Fsp3) is 0.286. The van der Waals surface area contributed by atoms with Gasteiger partial charge in [-0.15, -0.1) is 11.3 Å². The van der Waals surface area contributed by atoms with Crippen LogP contribution in [0.1, 0.15) is 26.9 Å². The number of halogens is 2. The molecule has 0 bridgehead atoms. The third-order valence-corrected chi connectivity index (χ3v) is 4.98. The molecular weight excluding hydrogens is 313 g/mol. The van der Waals surface area contributed by atoms with Crippen molar-refractivity contribution in [2.24, 2.45) is 0 Å². The van der Waals surface area contributed by atoms with Gasteiger partial charge in [-0.05, 0) is 60.1 Å². The summed E-state index contributed by atoms with van der Waals surface area (Å²) in [5, 5.41) is 3.27. The van der Waals surface area contributed by atoms with Crippen LogP contribution in [0.2, 0.25) is 0 Å². The molecule has 1 nitrogen and oxygen atoms in total. The smallest absolute Gasteiger partial charge is 0.137 e. The largest absolute Gasteiger partial charge is 0.309 e. The highest BCUT2D eigenvalue weighted by molar-refractivity contribution is 9.10. The quantitative estimate of drug-likeness (QED) is 0.870. The lowest BCUT2D eigenvalue weighted by Gasteiger charge is -2.18. The highest BCUT2D eigenvalue weighted by Gasteiger charge is 2.20. The van der Waals surface area contributed by atoms with E-state index in [1.54, 1.807) is 17.4 Å². The van der Waals surface area contributed by atoms with Crippen molar-refractivity contribution in [3.63, 3.8) is 0 Å². The van der Waals surface area contributed by atoms with Gasteiger partial charge in [0.15, 0.2) is 0 Å². The van der Waals surface area contributed by atoms with Gasteiger partial charge < -0.3 is 5.32 Å². The van der Waals surface area contributed by atoms with Gasteiger partial charge in [0, 0.05) is 9.75 Å². The molecule has 0 aliphatic heterocycles. The summed E-state index contributed by atoms with van der Waals surface area (Å²) in [7, 11) is 1.90.